The van der Waals surface area contributed by atoms with Crippen molar-refractivity contribution in [2.45, 2.75) is 25.0 Å². The van der Waals surface area contributed by atoms with E-state index in [1.165, 1.54) is 11.8 Å². The fourth-order valence-corrected chi connectivity index (χ4v) is 4.99. The molecule has 5 rings (SSSR count). The van der Waals surface area contributed by atoms with Crippen molar-refractivity contribution in [3.8, 4) is 34.4 Å². The van der Waals surface area contributed by atoms with E-state index in [9.17, 15) is 45.0 Å². The molecule has 0 saturated carbocycles. The van der Waals surface area contributed by atoms with Crippen molar-refractivity contribution in [1.82, 2.24) is 9.78 Å². The maximum Gasteiger partial charge on any atom is 0.287 e. The molecular formula is C25H25N5O10. The molecule has 210 valence electrons. The second-order valence-corrected chi connectivity index (χ2v) is 9.33. The Hall–Kier alpha value is -5.02. The molecule has 0 atom stereocenters. The molecule has 1 saturated heterocycles. The number of fused-ring (bicyclic) bond motifs is 1. The summed E-state index contributed by atoms with van der Waals surface area (Å²) in [5.41, 5.74) is 4.35. The van der Waals surface area contributed by atoms with Crippen LogP contribution in [0.4, 0.5) is 11.4 Å². The van der Waals surface area contributed by atoms with Gasteiger partial charge in [0.15, 0.2) is 28.7 Å². The summed E-state index contributed by atoms with van der Waals surface area (Å²) in [5.74, 6) is -9.62. The van der Waals surface area contributed by atoms with Gasteiger partial charge in [0, 0.05) is 25.1 Å². The Balaban J connectivity index is 1.62. The van der Waals surface area contributed by atoms with Gasteiger partial charge in [0.2, 0.25) is 5.79 Å². The van der Waals surface area contributed by atoms with Crippen LogP contribution in [-0.4, -0.2) is 84.1 Å². The maximum absolute atomic E-state index is 13.8. The molecule has 0 unspecified atom stereocenters. The molecule has 0 spiro atoms. The van der Waals surface area contributed by atoms with Gasteiger partial charge >= 0.3 is 0 Å². The van der Waals surface area contributed by atoms with E-state index in [0.29, 0.717) is 16.3 Å². The molecule has 15 nitrogen and oxygen atoms in total. The number of piperidine rings is 1. The third-order valence-corrected chi connectivity index (χ3v) is 6.95. The van der Waals surface area contributed by atoms with Crippen molar-refractivity contribution in [3.63, 3.8) is 0 Å². The first-order chi connectivity index (χ1) is 18.9. The number of aromatic nitrogens is 2. The molecule has 2 aliphatic heterocycles. The lowest BCUT2D eigenvalue weighted by Crippen LogP contribution is -2.53. The van der Waals surface area contributed by atoms with Crippen LogP contribution < -0.4 is 20.3 Å². The zero-order valence-electron chi connectivity index (χ0n) is 21.0. The van der Waals surface area contributed by atoms with Crippen molar-refractivity contribution in [1.29, 1.82) is 0 Å². The Kier molecular flexibility index (Phi) is 6.19. The molecule has 0 bridgehead atoms. The summed E-state index contributed by atoms with van der Waals surface area (Å²) in [6, 6.07) is 6.34. The number of phenols is 4. The summed E-state index contributed by atoms with van der Waals surface area (Å²) in [4.78, 5) is 39.9. The highest BCUT2D eigenvalue weighted by Crippen LogP contribution is 2.57. The number of carbonyl (C=O) groups is 3. The van der Waals surface area contributed by atoms with Gasteiger partial charge in [-0.05, 0) is 37.1 Å². The van der Waals surface area contributed by atoms with E-state index in [1.807, 2.05) is 0 Å². The topological polar surface area (TPSA) is 232 Å². The van der Waals surface area contributed by atoms with Crippen molar-refractivity contribution < 1.29 is 49.8 Å². The van der Waals surface area contributed by atoms with E-state index in [4.69, 9.17) is 10.5 Å². The predicted octanol–water partition coefficient (Wildman–Crippen LogP) is -0.187. The average Bonchev–Trinajstić information content (AvgIpc) is 3.32. The van der Waals surface area contributed by atoms with Crippen molar-refractivity contribution >= 4 is 29.1 Å². The predicted molar refractivity (Wildman–Crippen MR) is 136 cm³/mol. The molecule has 0 radical (unpaired) electrons. The Morgan fingerprint density at radius 3 is 2.08 bits per heavy atom. The number of carbonyl (C=O) groups excluding carboxylic acids is 3. The number of methoxy groups -OCH3 is 1. The van der Waals surface area contributed by atoms with Crippen LogP contribution >= 0.6 is 0 Å². The van der Waals surface area contributed by atoms with Gasteiger partial charge in [-0.3, -0.25) is 19.3 Å². The van der Waals surface area contributed by atoms with E-state index in [0.717, 1.165) is 4.90 Å². The van der Waals surface area contributed by atoms with Crippen molar-refractivity contribution in [3.05, 3.63) is 41.2 Å². The van der Waals surface area contributed by atoms with Crippen molar-refractivity contribution in [2.24, 2.45) is 5.73 Å². The largest absolute Gasteiger partial charge is 0.503 e. The van der Waals surface area contributed by atoms with Gasteiger partial charge < -0.3 is 46.0 Å². The molecule has 15 heteroatoms. The number of phenolic OH excluding ortho intramolecular Hbond substituents is 4. The van der Waals surface area contributed by atoms with Crippen LogP contribution in [-0.2, 0) is 11.2 Å². The molecule has 3 heterocycles. The summed E-state index contributed by atoms with van der Waals surface area (Å²) < 4.78 is 6.31. The molecule has 1 fully saturated rings. The minimum Gasteiger partial charge on any atom is -0.503 e. The third kappa shape index (κ3) is 3.90. The quantitative estimate of drug-likeness (QED) is 0.124. The highest BCUT2D eigenvalue weighted by molar-refractivity contribution is 6.12. The number of anilines is 2. The number of aromatic hydroxyl groups is 4. The van der Waals surface area contributed by atoms with E-state index >= 15 is 0 Å². The number of ether oxygens (including phenoxy) is 1. The lowest BCUT2D eigenvalue weighted by Gasteiger charge is -2.36. The normalized spacial score (nSPS) is 16.7. The standard InChI is InChI=1S/C25H25N5O10/c1-40-12-5-3-11(4-6-12)30-15-13(14(27-30)22(26)35)7-10-28(23(15)36)16-18(31)20(33)17(21(34)19(16)32)29-9-2-8-25(38,39)24(29)37/h3-6,31-34,38-39H,2,7-10H2,1H3,(H2,26,35). The Labute approximate surface area is 225 Å². The second-order valence-electron chi connectivity index (χ2n) is 9.33. The molecule has 0 aliphatic carbocycles. The summed E-state index contributed by atoms with van der Waals surface area (Å²) >= 11 is 0. The summed E-state index contributed by atoms with van der Waals surface area (Å²) in [6.07, 6.45) is -0.259. The minimum absolute atomic E-state index is 0.0141. The number of hydrogen-bond acceptors (Lipinski definition) is 11. The summed E-state index contributed by atoms with van der Waals surface area (Å²) in [6.45, 7) is -0.414. The summed E-state index contributed by atoms with van der Waals surface area (Å²) in [7, 11) is 1.47. The van der Waals surface area contributed by atoms with E-state index in [-0.39, 0.29) is 49.3 Å². The highest BCUT2D eigenvalue weighted by Gasteiger charge is 2.45. The molecular weight excluding hydrogens is 530 g/mol. The number of hydrogen-bond donors (Lipinski definition) is 7. The molecule has 3 aromatic rings. The molecule has 40 heavy (non-hydrogen) atoms. The van der Waals surface area contributed by atoms with Gasteiger partial charge in [-0.1, -0.05) is 0 Å². The number of nitrogens with two attached hydrogens (primary N) is 1. The van der Waals surface area contributed by atoms with E-state index < -0.39 is 57.9 Å². The third-order valence-electron chi connectivity index (χ3n) is 6.95. The molecule has 2 aromatic carbocycles. The van der Waals surface area contributed by atoms with Gasteiger partial charge in [0.25, 0.3) is 17.7 Å². The van der Waals surface area contributed by atoms with Crippen LogP contribution in [0, 0.1) is 0 Å². The first-order valence-corrected chi connectivity index (χ1v) is 12.0. The van der Waals surface area contributed by atoms with E-state index in [2.05, 4.69) is 5.10 Å². The van der Waals surface area contributed by atoms with Crippen LogP contribution in [0.2, 0.25) is 0 Å². The lowest BCUT2D eigenvalue weighted by atomic mass is 10.00. The highest BCUT2D eigenvalue weighted by atomic mass is 16.5. The van der Waals surface area contributed by atoms with Crippen LogP contribution in [0.5, 0.6) is 28.7 Å². The number of aliphatic hydroxyl groups is 2. The number of rotatable bonds is 5. The molecule has 3 amide bonds. The fourth-order valence-electron chi connectivity index (χ4n) is 4.99. The second kappa shape index (κ2) is 9.32. The van der Waals surface area contributed by atoms with Crippen LogP contribution in [0.25, 0.3) is 5.69 Å². The van der Waals surface area contributed by atoms with E-state index in [1.54, 1.807) is 24.3 Å². The van der Waals surface area contributed by atoms with Crippen molar-refractivity contribution in [2.75, 3.05) is 30.0 Å². The smallest absolute Gasteiger partial charge is 0.287 e. The monoisotopic (exact) mass is 555 g/mol. The molecule has 2 aliphatic rings. The van der Waals surface area contributed by atoms with Gasteiger partial charge in [0.1, 0.15) is 22.8 Å². The molecule has 1 aromatic heterocycles. The Morgan fingerprint density at radius 2 is 1.52 bits per heavy atom. The number of amides is 3. The Bertz CT molecular complexity index is 1530. The fraction of sp³-hybridized carbons (Fsp3) is 0.280. The van der Waals surface area contributed by atoms with Crippen LogP contribution in [0.3, 0.4) is 0 Å². The minimum atomic E-state index is -2.79. The molecule has 8 N–H and O–H groups in total. The van der Waals surface area contributed by atoms with Gasteiger partial charge in [-0.15, -0.1) is 0 Å². The van der Waals surface area contributed by atoms with Crippen LogP contribution in [0.1, 0.15) is 39.4 Å². The average molecular weight is 556 g/mol. The number of benzene rings is 2. The SMILES string of the molecule is COc1ccc(-n2nc(C(N)=O)c3c2C(=O)N(c2c(O)c(O)c(N4CCCC(O)(O)C4=O)c(O)c2O)CC3)cc1. The number of nitrogens with zero attached hydrogens (tertiary/aromatic N) is 4. The first kappa shape index (κ1) is 26.6. The first-order valence-electron chi connectivity index (χ1n) is 12.0. The summed E-state index contributed by atoms with van der Waals surface area (Å²) in [5, 5.41) is 67.5. The zero-order chi connectivity index (χ0) is 29.1. The maximum atomic E-state index is 13.8. The van der Waals surface area contributed by atoms with Gasteiger partial charge in [-0.2, -0.15) is 5.10 Å². The van der Waals surface area contributed by atoms with Crippen LogP contribution in [0.15, 0.2) is 24.3 Å². The lowest BCUT2D eigenvalue weighted by molar-refractivity contribution is -0.188. The van der Waals surface area contributed by atoms with Gasteiger partial charge in [-0.25, -0.2) is 4.68 Å². The zero-order valence-corrected chi connectivity index (χ0v) is 21.0. The number of primary amides is 1. The Morgan fingerprint density at radius 1 is 0.950 bits per heavy atom. The van der Waals surface area contributed by atoms with Gasteiger partial charge in [0.05, 0.1) is 12.8 Å².